The first-order valence-electron chi connectivity index (χ1n) is 10.6. The molecule has 0 unspecified atom stereocenters. The molecule has 11 heteroatoms. The maximum atomic E-state index is 13.5. The van der Waals surface area contributed by atoms with Gasteiger partial charge in [-0.1, -0.05) is 58.2 Å². The SMILES string of the molecule is CC[C@H](C)NC(=O)[C@@H](C)N(Cc1cccc(Br)c1)C(=O)CN(c1ccc(Cl)c(Cl)c1)S(C)(=O)=O. The molecule has 2 atom stereocenters. The molecule has 0 saturated carbocycles. The topological polar surface area (TPSA) is 86.8 Å². The predicted molar refractivity (Wildman–Crippen MR) is 141 cm³/mol. The molecule has 0 radical (unpaired) electrons. The van der Waals surface area contributed by atoms with Crippen molar-refractivity contribution in [3.63, 3.8) is 0 Å². The Hall–Kier alpha value is -1.81. The Morgan fingerprint density at radius 3 is 2.32 bits per heavy atom. The number of anilines is 1. The van der Waals surface area contributed by atoms with Gasteiger partial charge in [0.25, 0.3) is 0 Å². The first-order valence-corrected chi connectivity index (χ1v) is 14.0. The normalized spacial score (nSPS) is 13.1. The van der Waals surface area contributed by atoms with Crippen LogP contribution in [0.3, 0.4) is 0 Å². The van der Waals surface area contributed by atoms with E-state index in [1.807, 2.05) is 38.1 Å². The van der Waals surface area contributed by atoms with E-state index >= 15 is 0 Å². The summed E-state index contributed by atoms with van der Waals surface area (Å²) in [5.74, 6) is -0.860. The second-order valence-corrected chi connectivity index (χ2v) is 11.7. The molecule has 7 nitrogen and oxygen atoms in total. The minimum absolute atomic E-state index is 0.0681. The third-order valence-corrected chi connectivity index (χ3v) is 7.65. The molecule has 0 fully saturated rings. The summed E-state index contributed by atoms with van der Waals surface area (Å²) in [5.41, 5.74) is 0.982. The van der Waals surface area contributed by atoms with Gasteiger partial charge in [0, 0.05) is 17.1 Å². The van der Waals surface area contributed by atoms with E-state index in [-0.39, 0.29) is 34.2 Å². The van der Waals surface area contributed by atoms with Crippen LogP contribution in [-0.4, -0.2) is 50.0 Å². The van der Waals surface area contributed by atoms with Crippen molar-refractivity contribution in [2.75, 3.05) is 17.1 Å². The van der Waals surface area contributed by atoms with Gasteiger partial charge in [0.05, 0.1) is 22.0 Å². The van der Waals surface area contributed by atoms with E-state index in [0.29, 0.717) is 0 Å². The number of sulfonamides is 1. The van der Waals surface area contributed by atoms with Gasteiger partial charge in [0.2, 0.25) is 21.8 Å². The molecule has 0 aliphatic rings. The van der Waals surface area contributed by atoms with Crippen LogP contribution < -0.4 is 9.62 Å². The molecule has 2 rings (SSSR count). The van der Waals surface area contributed by atoms with Crippen molar-refractivity contribution in [3.05, 3.63) is 62.5 Å². The van der Waals surface area contributed by atoms with Gasteiger partial charge in [-0.05, 0) is 56.2 Å². The molecular formula is C23H28BrCl2N3O4S. The molecule has 1 N–H and O–H groups in total. The first-order chi connectivity index (χ1) is 15.8. The van der Waals surface area contributed by atoms with Crippen molar-refractivity contribution >= 4 is 66.7 Å². The third kappa shape index (κ3) is 7.86. The Morgan fingerprint density at radius 1 is 1.09 bits per heavy atom. The fraction of sp³-hybridized carbons (Fsp3) is 0.391. The zero-order valence-electron chi connectivity index (χ0n) is 19.4. The summed E-state index contributed by atoms with van der Waals surface area (Å²) in [6, 6.07) is 10.8. The number of halogens is 3. The Bertz CT molecular complexity index is 1150. The molecule has 34 heavy (non-hydrogen) atoms. The average Bonchev–Trinajstić information content (AvgIpc) is 2.76. The summed E-state index contributed by atoms with van der Waals surface area (Å²) >= 11 is 15.5. The molecular weight excluding hydrogens is 565 g/mol. The molecule has 2 aromatic carbocycles. The van der Waals surface area contributed by atoms with E-state index in [9.17, 15) is 18.0 Å². The lowest BCUT2D eigenvalue weighted by Gasteiger charge is -2.32. The van der Waals surface area contributed by atoms with E-state index in [2.05, 4.69) is 21.2 Å². The minimum atomic E-state index is -3.85. The molecule has 0 saturated heterocycles. The highest BCUT2D eigenvalue weighted by molar-refractivity contribution is 9.10. The molecule has 0 aromatic heterocycles. The van der Waals surface area contributed by atoms with Crippen molar-refractivity contribution in [2.45, 2.75) is 45.8 Å². The van der Waals surface area contributed by atoms with Gasteiger partial charge >= 0.3 is 0 Å². The standard InChI is InChI=1S/C23H28BrCl2N3O4S/c1-5-15(2)27-23(31)16(3)28(13-17-7-6-8-18(24)11-17)22(30)14-29(34(4,32)33)19-9-10-20(25)21(26)12-19/h6-12,15-16H,5,13-14H2,1-4H3,(H,27,31)/t15-,16+/m0/s1. The highest BCUT2D eigenvalue weighted by atomic mass is 79.9. The van der Waals surface area contributed by atoms with Crippen LogP contribution in [0.15, 0.2) is 46.9 Å². The van der Waals surface area contributed by atoms with E-state index in [1.165, 1.54) is 23.1 Å². The zero-order chi connectivity index (χ0) is 25.6. The quantitative estimate of drug-likeness (QED) is 0.427. The lowest BCUT2D eigenvalue weighted by molar-refractivity contribution is -0.139. The summed E-state index contributed by atoms with van der Waals surface area (Å²) in [5, 5.41) is 3.31. The van der Waals surface area contributed by atoms with Crippen LogP contribution in [0, 0.1) is 0 Å². The second kappa shape index (κ2) is 12.2. The Balaban J connectivity index is 2.41. The van der Waals surface area contributed by atoms with Crippen LogP contribution in [0.2, 0.25) is 10.0 Å². The summed E-state index contributed by atoms with van der Waals surface area (Å²) < 4.78 is 26.9. The van der Waals surface area contributed by atoms with Gasteiger partial charge in [-0.15, -0.1) is 0 Å². The molecule has 186 valence electrons. The summed E-state index contributed by atoms with van der Waals surface area (Å²) in [7, 11) is -3.85. The largest absolute Gasteiger partial charge is 0.352 e. The molecule has 0 heterocycles. The number of benzene rings is 2. The van der Waals surface area contributed by atoms with E-state index in [4.69, 9.17) is 23.2 Å². The summed E-state index contributed by atoms with van der Waals surface area (Å²) in [6.45, 7) is 5.05. The van der Waals surface area contributed by atoms with Crippen molar-refractivity contribution in [1.29, 1.82) is 0 Å². The maximum absolute atomic E-state index is 13.5. The second-order valence-electron chi connectivity index (χ2n) is 8.01. The first kappa shape index (κ1) is 28.4. The Morgan fingerprint density at radius 2 is 1.76 bits per heavy atom. The van der Waals surface area contributed by atoms with Crippen LogP contribution in [0.5, 0.6) is 0 Å². The van der Waals surface area contributed by atoms with E-state index < -0.39 is 28.5 Å². The lowest BCUT2D eigenvalue weighted by atomic mass is 10.1. The highest BCUT2D eigenvalue weighted by Crippen LogP contribution is 2.28. The van der Waals surface area contributed by atoms with E-state index in [1.54, 1.807) is 6.92 Å². The number of hydrogen-bond acceptors (Lipinski definition) is 4. The van der Waals surface area contributed by atoms with Crippen molar-refractivity contribution in [1.82, 2.24) is 10.2 Å². The van der Waals surface area contributed by atoms with Crippen molar-refractivity contribution < 1.29 is 18.0 Å². The van der Waals surface area contributed by atoms with Crippen LogP contribution in [0.1, 0.15) is 32.8 Å². The van der Waals surface area contributed by atoms with Crippen molar-refractivity contribution in [2.24, 2.45) is 0 Å². The van der Waals surface area contributed by atoms with Crippen LogP contribution >= 0.6 is 39.1 Å². The smallest absolute Gasteiger partial charge is 0.244 e. The summed E-state index contributed by atoms with van der Waals surface area (Å²) in [6.07, 6.45) is 1.73. The minimum Gasteiger partial charge on any atom is -0.352 e. The van der Waals surface area contributed by atoms with Gasteiger partial charge in [-0.3, -0.25) is 13.9 Å². The fourth-order valence-corrected chi connectivity index (χ4v) is 4.71. The van der Waals surface area contributed by atoms with Gasteiger partial charge in [0.15, 0.2) is 0 Å². The monoisotopic (exact) mass is 591 g/mol. The number of nitrogens with zero attached hydrogens (tertiary/aromatic N) is 2. The number of hydrogen-bond donors (Lipinski definition) is 1. The fourth-order valence-electron chi connectivity index (χ4n) is 3.13. The number of amides is 2. The number of rotatable bonds is 10. The molecule has 2 aromatic rings. The Labute approximate surface area is 219 Å². The summed E-state index contributed by atoms with van der Waals surface area (Å²) in [4.78, 5) is 27.7. The van der Waals surface area contributed by atoms with Crippen molar-refractivity contribution in [3.8, 4) is 0 Å². The number of carbonyl (C=O) groups is 2. The lowest BCUT2D eigenvalue weighted by Crippen LogP contribution is -2.52. The molecule has 0 aliphatic heterocycles. The van der Waals surface area contributed by atoms with Gasteiger partial charge in [0.1, 0.15) is 12.6 Å². The maximum Gasteiger partial charge on any atom is 0.244 e. The zero-order valence-corrected chi connectivity index (χ0v) is 23.3. The van der Waals surface area contributed by atoms with Gasteiger partial charge < -0.3 is 10.2 Å². The third-order valence-electron chi connectivity index (χ3n) is 5.28. The molecule has 0 spiro atoms. The van der Waals surface area contributed by atoms with Crippen LogP contribution in [0.4, 0.5) is 5.69 Å². The number of nitrogens with one attached hydrogen (secondary N) is 1. The van der Waals surface area contributed by atoms with Gasteiger partial charge in [-0.2, -0.15) is 0 Å². The molecule has 2 amide bonds. The Kier molecular flexibility index (Phi) is 10.2. The number of carbonyl (C=O) groups excluding carboxylic acids is 2. The molecule has 0 aliphatic carbocycles. The van der Waals surface area contributed by atoms with Crippen LogP contribution in [-0.2, 0) is 26.2 Å². The van der Waals surface area contributed by atoms with E-state index in [0.717, 1.165) is 27.0 Å². The predicted octanol–water partition coefficient (Wildman–Crippen LogP) is 4.85. The van der Waals surface area contributed by atoms with Gasteiger partial charge in [-0.25, -0.2) is 8.42 Å². The average molecular weight is 593 g/mol. The molecule has 0 bridgehead atoms. The van der Waals surface area contributed by atoms with Crippen LogP contribution in [0.25, 0.3) is 0 Å². The highest BCUT2D eigenvalue weighted by Gasteiger charge is 2.30.